The van der Waals surface area contributed by atoms with Gasteiger partial charge >= 0.3 is 0 Å². The average molecular weight is 424 g/mol. The molecule has 8 heteroatoms. The number of rotatable bonds is 7. The van der Waals surface area contributed by atoms with Crippen LogP contribution in [0.3, 0.4) is 0 Å². The molecule has 0 aliphatic carbocycles. The summed E-state index contributed by atoms with van der Waals surface area (Å²) in [4.78, 5) is 39.3. The Morgan fingerprint density at radius 1 is 0.903 bits per heavy atom. The van der Waals surface area contributed by atoms with E-state index in [1.807, 2.05) is 32.0 Å². The number of benzene rings is 2. The third kappa shape index (κ3) is 6.15. The zero-order valence-electron chi connectivity index (χ0n) is 17.5. The van der Waals surface area contributed by atoms with Gasteiger partial charge in [-0.15, -0.1) is 0 Å². The highest BCUT2D eigenvalue weighted by Gasteiger charge is 2.14. The lowest BCUT2D eigenvalue weighted by molar-refractivity contribution is -0.130. The molecule has 1 aromatic heterocycles. The van der Waals surface area contributed by atoms with Crippen molar-refractivity contribution >= 4 is 28.6 Å². The van der Waals surface area contributed by atoms with Gasteiger partial charge in [-0.25, -0.2) is 4.39 Å². The number of fused-ring (bicyclic) bond motifs is 1. The largest absolute Gasteiger partial charge is 0.358 e. The van der Waals surface area contributed by atoms with E-state index >= 15 is 0 Å². The first-order valence-electron chi connectivity index (χ1n) is 9.98. The summed E-state index contributed by atoms with van der Waals surface area (Å²) in [7, 11) is 0. The van der Waals surface area contributed by atoms with E-state index in [9.17, 15) is 18.8 Å². The van der Waals surface area contributed by atoms with Gasteiger partial charge in [0.15, 0.2) is 0 Å². The van der Waals surface area contributed by atoms with Crippen LogP contribution in [0.2, 0.25) is 0 Å². The summed E-state index contributed by atoms with van der Waals surface area (Å²) < 4.78 is 12.9. The molecule has 3 amide bonds. The smallest absolute Gasteiger partial charge is 0.242 e. The molecule has 162 valence electrons. The van der Waals surface area contributed by atoms with Crippen molar-refractivity contribution in [1.29, 1.82) is 0 Å². The van der Waals surface area contributed by atoms with Crippen LogP contribution >= 0.6 is 0 Å². The minimum atomic E-state index is -0.461. The van der Waals surface area contributed by atoms with E-state index in [-0.39, 0.29) is 43.4 Å². The molecule has 0 aliphatic rings. The van der Waals surface area contributed by atoms with Gasteiger partial charge in [0, 0.05) is 36.0 Å². The van der Waals surface area contributed by atoms with Gasteiger partial charge in [0.05, 0.1) is 6.42 Å². The number of hydrazine groups is 1. The average Bonchev–Trinajstić information content (AvgIpc) is 3.04. The topological polar surface area (TPSA) is 103 Å². The van der Waals surface area contributed by atoms with Crippen LogP contribution in [0.4, 0.5) is 4.39 Å². The maximum atomic E-state index is 12.9. The van der Waals surface area contributed by atoms with Crippen LogP contribution in [0, 0.1) is 19.7 Å². The molecule has 1 heterocycles. The van der Waals surface area contributed by atoms with Crippen molar-refractivity contribution in [2.75, 3.05) is 0 Å². The molecule has 0 atom stereocenters. The Morgan fingerprint density at radius 2 is 1.58 bits per heavy atom. The Morgan fingerprint density at radius 3 is 2.32 bits per heavy atom. The van der Waals surface area contributed by atoms with Crippen LogP contribution in [0.5, 0.6) is 0 Å². The molecular weight excluding hydrogens is 399 g/mol. The molecule has 3 aromatic rings. The molecule has 0 saturated carbocycles. The van der Waals surface area contributed by atoms with Crippen LogP contribution in [0.1, 0.15) is 35.2 Å². The highest BCUT2D eigenvalue weighted by molar-refractivity contribution is 5.91. The first-order chi connectivity index (χ1) is 14.8. The third-order valence-corrected chi connectivity index (χ3v) is 4.94. The lowest BCUT2D eigenvalue weighted by Crippen LogP contribution is -2.42. The van der Waals surface area contributed by atoms with E-state index in [0.29, 0.717) is 0 Å². The molecule has 31 heavy (non-hydrogen) atoms. The molecular formula is C23H25FN4O3. The summed E-state index contributed by atoms with van der Waals surface area (Å²) in [5.74, 6) is -1.46. The summed E-state index contributed by atoms with van der Waals surface area (Å²) in [6.07, 6.45) is 0.0261. The Labute approximate surface area is 179 Å². The number of aryl methyl sites for hydroxylation is 2. The Bertz CT molecular complexity index is 1110. The molecule has 2 aromatic carbocycles. The van der Waals surface area contributed by atoms with Gasteiger partial charge in [-0.1, -0.05) is 23.8 Å². The molecule has 4 N–H and O–H groups in total. The van der Waals surface area contributed by atoms with E-state index in [0.717, 1.165) is 33.3 Å². The van der Waals surface area contributed by atoms with Crippen molar-refractivity contribution in [3.63, 3.8) is 0 Å². The van der Waals surface area contributed by atoms with Crippen molar-refractivity contribution in [2.45, 2.75) is 39.7 Å². The van der Waals surface area contributed by atoms with Crippen molar-refractivity contribution in [3.05, 3.63) is 70.7 Å². The summed E-state index contributed by atoms with van der Waals surface area (Å²) >= 11 is 0. The summed E-state index contributed by atoms with van der Waals surface area (Å²) in [5.41, 5.74) is 9.33. The van der Waals surface area contributed by atoms with Crippen LogP contribution < -0.4 is 16.2 Å². The lowest BCUT2D eigenvalue weighted by atomic mass is 10.1. The van der Waals surface area contributed by atoms with Crippen LogP contribution in [0.15, 0.2) is 42.5 Å². The molecule has 0 fully saturated rings. The molecule has 0 bridgehead atoms. The van der Waals surface area contributed by atoms with Crippen LogP contribution in [-0.4, -0.2) is 22.7 Å². The van der Waals surface area contributed by atoms with Gasteiger partial charge in [-0.05, 0) is 49.2 Å². The number of amides is 3. The zero-order chi connectivity index (χ0) is 22.4. The van der Waals surface area contributed by atoms with E-state index < -0.39 is 5.91 Å². The maximum absolute atomic E-state index is 12.9. The molecule has 0 unspecified atom stereocenters. The second-order valence-electron chi connectivity index (χ2n) is 7.45. The van der Waals surface area contributed by atoms with E-state index in [1.54, 1.807) is 12.1 Å². The highest BCUT2D eigenvalue weighted by Crippen LogP contribution is 2.23. The second kappa shape index (κ2) is 9.88. The summed E-state index contributed by atoms with van der Waals surface area (Å²) in [6.45, 7) is 4.14. The number of nitrogens with one attached hydrogen (secondary N) is 4. The fourth-order valence-electron chi connectivity index (χ4n) is 3.25. The van der Waals surface area contributed by atoms with Crippen molar-refractivity contribution in [1.82, 2.24) is 21.2 Å². The minimum absolute atomic E-state index is 0.0241. The number of hydrogen-bond acceptors (Lipinski definition) is 3. The number of H-pyrrole nitrogens is 1. The first kappa shape index (κ1) is 22.0. The van der Waals surface area contributed by atoms with E-state index in [2.05, 4.69) is 21.2 Å². The quantitative estimate of drug-likeness (QED) is 0.439. The van der Waals surface area contributed by atoms with Gasteiger partial charge < -0.3 is 10.3 Å². The number of carbonyl (C=O) groups is 3. The molecule has 3 rings (SSSR count). The molecule has 0 aliphatic heterocycles. The van der Waals surface area contributed by atoms with E-state index in [1.165, 1.54) is 12.1 Å². The van der Waals surface area contributed by atoms with Gasteiger partial charge in [-0.3, -0.25) is 25.2 Å². The maximum Gasteiger partial charge on any atom is 0.242 e. The van der Waals surface area contributed by atoms with Crippen molar-refractivity contribution in [3.8, 4) is 0 Å². The van der Waals surface area contributed by atoms with Crippen LogP contribution in [-0.2, 0) is 27.3 Å². The Balaban J connectivity index is 1.41. The summed E-state index contributed by atoms with van der Waals surface area (Å²) in [6, 6.07) is 11.8. The number of hydrogen-bond donors (Lipinski definition) is 4. The lowest BCUT2D eigenvalue weighted by Gasteiger charge is -2.08. The minimum Gasteiger partial charge on any atom is -0.358 e. The van der Waals surface area contributed by atoms with Crippen LogP contribution in [0.25, 0.3) is 10.9 Å². The predicted molar refractivity (Wildman–Crippen MR) is 115 cm³/mol. The molecule has 0 radical (unpaired) electrons. The fourth-order valence-corrected chi connectivity index (χ4v) is 3.25. The van der Waals surface area contributed by atoms with Gasteiger partial charge in [0.25, 0.3) is 0 Å². The normalized spacial score (nSPS) is 10.7. The third-order valence-electron chi connectivity index (χ3n) is 4.94. The molecule has 0 saturated heterocycles. The summed E-state index contributed by atoms with van der Waals surface area (Å²) in [5, 5.41) is 3.65. The van der Waals surface area contributed by atoms with Crippen molar-refractivity contribution in [2.24, 2.45) is 0 Å². The standard InChI is InChI=1S/C23H25FN4O3/c1-14-3-8-20-19(11-14)18(15(2)26-20)12-23(31)28-27-22(30)10-9-21(29)25-13-16-4-6-17(24)7-5-16/h3-8,11,26H,9-10,12-13H2,1-2H3,(H,25,29)(H,27,30)(H,28,31). The monoisotopic (exact) mass is 424 g/mol. The number of aromatic nitrogens is 1. The van der Waals surface area contributed by atoms with Gasteiger partial charge in [0.2, 0.25) is 17.7 Å². The Hall–Kier alpha value is -3.68. The predicted octanol–water partition coefficient (Wildman–Crippen LogP) is 2.71. The molecule has 7 nitrogen and oxygen atoms in total. The van der Waals surface area contributed by atoms with E-state index in [4.69, 9.17) is 0 Å². The second-order valence-corrected chi connectivity index (χ2v) is 7.45. The first-order valence-corrected chi connectivity index (χ1v) is 9.98. The Kier molecular flexibility index (Phi) is 7.02. The number of halogens is 1. The van der Waals surface area contributed by atoms with Gasteiger partial charge in [0.1, 0.15) is 5.82 Å². The zero-order valence-corrected chi connectivity index (χ0v) is 17.5. The fraction of sp³-hybridized carbons (Fsp3) is 0.261. The highest BCUT2D eigenvalue weighted by atomic mass is 19.1. The SMILES string of the molecule is Cc1ccc2[nH]c(C)c(CC(=O)NNC(=O)CCC(=O)NCc3ccc(F)cc3)c2c1. The molecule has 0 spiro atoms. The number of carbonyl (C=O) groups excluding carboxylic acids is 3. The number of aromatic amines is 1. The van der Waals surface area contributed by atoms with Crippen molar-refractivity contribution < 1.29 is 18.8 Å². The van der Waals surface area contributed by atoms with Gasteiger partial charge in [-0.2, -0.15) is 0 Å².